The summed E-state index contributed by atoms with van der Waals surface area (Å²) in [5.74, 6) is 5.09. The minimum Gasteiger partial charge on any atom is -0.271 e. The van der Waals surface area contributed by atoms with Crippen LogP contribution in [0.25, 0.3) is 0 Å². The van der Waals surface area contributed by atoms with Gasteiger partial charge in [0.05, 0.1) is 12.5 Å². The first-order chi connectivity index (χ1) is 6.44. The van der Waals surface area contributed by atoms with Crippen LogP contribution in [-0.2, 0) is 0 Å². The molecule has 0 bridgehead atoms. The number of hydrazine groups is 1. The van der Waals surface area contributed by atoms with Gasteiger partial charge in [0.15, 0.2) is 0 Å². The molecule has 1 atom stereocenters. The minimum atomic E-state index is -4.20. The molecule has 0 radical (unpaired) electrons. The van der Waals surface area contributed by atoms with Crippen molar-refractivity contribution in [1.29, 1.82) is 0 Å². The normalized spacial score (nSPS) is 14.4. The maximum atomic E-state index is 12.1. The molecular formula is C8H11F3N2S. The van der Waals surface area contributed by atoms with Gasteiger partial charge in [0.2, 0.25) is 0 Å². The zero-order chi connectivity index (χ0) is 10.8. The molecule has 6 heteroatoms. The zero-order valence-corrected chi connectivity index (χ0v) is 8.38. The number of nitrogens with two attached hydrogens (primary N) is 1. The van der Waals surface area contributed by atoms with Crippen LogP contribution < -0.4 is 11.3 Å². The van der Waals surface area contributed by atoms with E-state index in [0.29, 0.717) is 5.56 Å². The van der Waals surface area contributed by atoms with Gasteiger partial charge in [-0.15, -0.1) is 11.3 Å². The summed E-state index contributed by atoms with van der Waals surface area (Å²) in [6.07, 6.45) is -5.15. The van der Waals surface area contributed by atoms with Gasteiger partial charge in [-0.25, -0.2) is 0 Å². The molecule has 0 aromatic carbocycles. The molecule has 80 valence electrons. The van der Waals surface area contributed by atoms with Crippen molar-refractivity contribution >= 4 is 11.3 Å². The first kappa shape index (κ1) is 11.5. The lowest BCUT2D eigenvalue weighted by Crippen LogP contribution is -2.31. The van der Waals surface area contributed by atoms with Gasteiger partial charge < -0.3 is 0 Å². The fourth-order valence-corrected chi connectivity index (χ4v) is 2.01. The highest BCUT2D eigenvalue weighted by Crippen LogP contribution is 2.31. The van der Waals surface area contributed by atoms with Crippen LogP contribution >= 0.6 is 11.3 Å². The second-order valence-electron chi connectivity index (χ2n) is 2.97. The molecule has 1 heterocycles. The fraction of sp³-hybridized carbons (Fsp3) is 0.500. The van der Waals surface area contributed by atoms with Crippen molar-refractivity contribution < 1.29 is 13.2 Å². The largest absolute Gasteiger partial charge is 0.390 e. The van der Waals surface area contributed by atoms with Crippen molar-refractivity contribution in [2.24, 2.45) is 5.84 Å². The van der Waals surface area contributed by atoms with Crippen molar-refractivity contribution in [3.63, 3.8) is 0 Å². The second kappa shape index (κ2) is 4.29. The molecular weight excluding hydrogens is 213 g/mol. The smallest absolute Gasteiger partial charge is 0.271 e. The fourth-order valence-electron chi connectivity index (χ4n) is 1.25. The summed E-state index contributed by atoms with van der Waals surface area (Å²) >= 11 is 1.41. The van der Waals surface area contributed by atoms with Crippen molar-refractivity contribution in [1.82, 2.24) is 5.43 Å². The van der Waals surface area contributed by atoms with Gasteiger partial charge >= 0.3 is 6.18 Å². The van der Waals surface area contributed by atoms with E-state index < -0.39 is 18.6 Å². The van der Waals surface area contributed by atoms with E-state index >= 15 is 0 Å². The van der Waals surface area contributed by atoms with E-state index in [9.17, 15) is 13.2 Å². The Labute approximate surface area is 83.9 Å². The van der Waals surface area contributed by atoms with E-state index in [4.69, 9.17) is 5.84 Å². The van der Waals surface area contributed by atoms with Gasteiger partial charge in [-0.1, -0.05) is 0 Å². The number of hydrogen-bond acceptors (Lipinski definition) is 3. The molecule has 3 N–H and O–H groups in total. The van der Waals surface area contributed by atoms with Gasteiger partial charge in [0.1, 0.15) is 0 Å². The Morgan fingerprint density at radius 2 is 2.21 bits per heavy atom. The molecule has 0 aliphatic heterocycles. The van der Waals surface area contributed by atoms with Crippen LogP contribution in [0, 0.1) is 6.92 Å². The number of aryl methyl sites for hydroxylation is 1. The van der Waals surface area contributed by atoms with E-state index in [1.54, 1.807) is 18.4 Å². The van der Waals surface area contributed by atoms with Crippen LogP contribution in [0.3, 0.4) is 0 Å². The van der Waals surface area contributed by atoms with Crippen molar-refractivity contribution in [3.05, 3.63) is 21.9 Å². The summed E-state index contributed by atoms with van der Waals surface area (Å²) in [6.45, 7) is 1.78. The van der Waals surface area contributed by atoms with E-state index in [0.717, 1.165) is 4.88 Å². The summed E-state index contributed by atoms with van der Waals surface area (Å²) in [4.78, 5) is 0.859. The summed E-state index contributed by atoms with van der Waals surface area (Å²) in [6, 6.07) is 0.817. The van der Waals surface area contributed by atoms with Gasteiger partial charge in [-0.2, -0.15) is 13.2 Å². The molecule has 1 aromatic heterocycles. The number of alkyl halides is 3. The molecule has 0 aliphatic carbocycles. The first-order valence-corrected chi connectivity index (χ1v) is 4.89. The average Bonchev–Trinajstić information content (AvgIpc) is 2.45. The van der Waals surface area contributed by atoms with Gasteiger partial charge in [-0.05, 0) is 23.9 Å². The first-order valence-electron chi connectivity index (χ1n) is 4.01. The van der Waals surface area contributed by atoms with Crippen molar-refractivity contribution in [2.75, 3.05) is 0 Å². The van der Waals surface area contributed by atoms with Crippen LogP contribution in [0.4, 0.5) is 13.2 Å². The summed E-state index contributed by atoms with van der Waals surface area (Å²) in [5.41, 5.74) is 2.81. The standard InChI is InChI=1S/C8H11F3N2S/c1-5-6(2-3-14-5)7(13-12)4-8(9,10)11/h2-3,7,13H,4,12H2,1H3. The Hall–Kier alpha value is -0.590. The molecule has 0 amide bonds. The Kier molecular flexibility index (Phi) is 3.52. The van der Waals surface area contributed by atoms with Crippen LogP contribution in [0.2, 0.25) is 0 Å². The van der Waals surface area contributed by atoms with Crippen LogP contribution in [-0.4, -0.2) is 6.18 Å². The Bertz CT molecular complexity index is 295. The van der Waals surface area contributed by atoms with E-state index in [-0.39, 0.29) is 0 Å². The lowest BCUT2D eigenvalue weighted by molar-refractivity contribution is -0.140. The number of nitrogens with one attached hydrogen (secondary N) is 1. The van der Waals surface area contributed by atoms with E-state index in [1.807, 2.05) is 0 Å². The van der Waals surface area contributed by atoms with Gasteiger partial charge in [0.25, 0.3) is 0 Å². The lowest BCUT2D eigenvalue weighted by Gasteiger charge is -2.17. The maximum Gasteiger partial charge on any atom is 0.390 e. The molecule has 0 aliphatic rings. The number of rotatable bonds is 3. The maximum absolute atomic E-state index is 12.1. The van der Waals surface area contributed by atoms with Crippen LogP contribution in [0.15, 0.2) is 11.4 Å². The molecule has 1 aromatic rings. The van der Waals surface area contributed by atoms with Gasteiger partial charge in [-0.3, -0.25) is 11.3 Å². The second-order valence-corrected chi connectivity index (χ2v) is 4.09. The summed E-state index contributed by atoms with van der Waals surface area (Å²) < 4.78 is 36.4. The molecule has 2 nitrogen and oxygen atoms in total. The third-order valence-electron chi connectivity index (χ3n) is 1.91. The van der Waals surface area contributed by atoms with Gasteiger partial charge in [0, 0.05) is 4.88 Å². The molecule has 0 saturated carbocycles. The molecule has 1 unspecified atom stereocenters. The summed E-state index contributed by atoms with van der Waals surface area (Å²) in [7, 11) is 0. The lowest BCUT2D eigenvalue weighted by atomic mass is 10.1. The molecule has 0 saturated heterocycles. The molecule has 0 spiro atoms. The average molecular weight is 224 g/mol. The molecule has 0 fully saturated rings. The monoisotopic (exact) mass is 224 g/mol. The predicted octanol–water partition coefficient (Wildman–Crippen LogP) is 2.51. The predicted molar refractivity (Wildman–Crippen MR) is 49.8 cm³/mol. The quantitative estimate of drug-likeness (QED) is 0.611. The van der Waals surface area contributed by atoms with Crippen LogP contribution in [0.1, 0.15) is 22.9 Å². The Balaban J connectivity index is 2.78. The third kappa shape index (κ3) is 2.97. The Morgan fingerprint density at radius 3 is 2.57 bits per heavy atom. The van der Waals surface area contributed by atoms with Crippen molar-refractivity contribution in [2.45, 2.75) is 25.6 Å². The highest BCUT2D eigenvalue weighted by molar-refractivity contribution is 7.10. The van der Waals surface area contributed by atoms with E-state index in [1.165, 1.54) is 11.3 Å². The number of hydrogen-bond donors (Lipinski definition) is 2. The SMILES string of the molecule is Cc1sccc1C(CC(F)(F)F)NN. The number of thiophene rings is 1. The zero-order valence-electron chi connectivity index (χ0n) is 7.56. The topological polar surface area (TPSA) is 38.0 Å². The molecule has 14 heavy (non-hydrogen) atoms. The minimum absolute atomic E-state index is 0.620. The van der Waals surface area contributed by atoms with E-state index in [2.05, 4.69) is 5.43 Å². The highest BCUT2D eigenvalue weighted by Gasteiger charge is 2.32. The molecule has 1 rings (SSSR count). The Morgan fingerprint density at radius 1 is 1.57 bits per heavy atom. The number of halogens is 3. The summed E-state index contributed by atoms with van der Waals surface area (Å²) in [5, 5.41) is 1.76. The highest BCUT2D eigenvalue weighted by atomic mass is 32.1. The van der Waals surface area contributed by atoms with Crippen LogP contribution in [0.5, 0.6) is 0 Å². The third-order valence-corrected chi connectivity index (χ3v) is 2.77. The van der Waals surface area contributed by atoms with Crippen molar-refractivity contribution in [3.8, 4) is 0 Å².